The fourth-order valence-electron chi connectivity index (χ4n) is 4.10. The van der Waals surface area contributed by atoms with E-state index in [1.807, 2.05) is 48.5 Å². The molecule has 0 N–H and O–H groups in total. The van der Waals surface area contributed by atoms with Gasteiger partial charge in [-0.25, -0.2) is 9.37 Å². The standard InChI is InChI=1S/C28H24FN3O2/c1-2-3-5-10-27-30-25-17-20(26-18-24(31-34-26)19-8-6-4-7-9-19)11-16-23(25)28(33)32(27)22-14-12-21(29)13-15-22/h4,6-9,11-18H,2-3,5,10H2,1H3. The Kier molecular flexibility index (Phi) is 6.04. The van der Waals surface area contributed by atoms with Crippen molar-refractivity contribution in [3.05, 3.63) is 101 Å². The van der Waals surface area contributed by atoms with E-state index in [9.17, 15) is 9.18 Å². The average Bonchev–Trinajstić information content (AvgIpc) is 3.36. The van der Waals surface area contributed by atoms with Gasteiger partial charge in [0.1, 0.15) is 17.3 Å². The number of hydrogen-bond donors (Lipinski definition) is 0. The van der Waals surface area contributed by atoms with Crippen molar-refractivity contribution in [3.8, 4) is 28.3 Å². The molecule has 0 bridgehead atoms. The average molecular weight is 454 g/mol. The second-order valence-electron chi connectivity index (χ2n) is 8.28. The second kappa shape index (κ2) is 9.43. The van der Waals surface area contributed by atoms with Crippen molar-refractivity contribution in [2.45, 2.75) is 32.6 Å². The zero-order valence-corrected chi connectivity index (χ0v) is 18.9. The number of fused-ring (bicyclic) bond motifs is 1. The Labute approximate surface area is 196 Å². The lowest BCUT2D eigenvalue weighted by Gasteiger charge is -2.14. The molecule has 5 rings (SSSR count). The quantitative estimate of drug-likeness (QED) is 0.261. The zero-order chi connectivity index (χ0) is 23.5. The monoisotopic (exact) mass is 453 g/mol. The SMILES string of the molecule is CCCCCc1nc2cc(-c3cc(-c4ccccc4)no3)ccc2c(=O)n1-c1ccc(F)cc1. The van der Waals surface area contributed by atoms with E-state index in [0.29, 0.717) is 34.6 Å². The van der Waals surface area contributed by atoms with Crippen molar-refractivity contribution >= 4 is 10.9 Å². The minimum atomic E-state index is -0.343. The topological polar surface area (TPSA) is 60.9 Å². The van der Waals surface area contributed by atoms with Gasteiger partial charge in [0.05, 0.1) is 16.6 Å². The number of aryl methyl sites for hydroxylation is 1. The summed E-state index contributed by atoms with van der Waals surface area (Å²) in [4.78, 5) is 18.4. The number of rotatable bonds is 7. The van der Waals surface area contributed by atoms with Gasteiger partial charge in [0, 0.05) is 23.6 Å². The molecule has 0 saturated carbocycles. The number of halogens is 1. The van der Waals surface area contributed by atoms with Crippen molar-refractivity contribution < 1.29 is 8.91 Å². The Hall–Kier alpha value is -4.06. The zero-order valence-electron chi connectivity index (χ0n) is 18.9. The summed E-state index contributed by atoms with van der Waals surface area (Å²) in [6.45, 7) is 2.13. The lowest BCUT2D eigenvalue weighted by atomic mass is 10.1. The van der Waals surface area contributed by atoms with E-state index in [1.165, 1.54) is 12.1 Å². The van der Waals surface area contributed by atoms with Crippen LogP contribution in [0.2, 0.25) is 0 Å². The van der Waals surface area contributed by atoms with Gasteiger partial charge in [0.25, 0.3) is 5.56 Å². The van der Waals surface area contributed by atoms with Crippen LogP contribution in [0.25, 0.3) is 39.2 Å². The van der Waals surface area contributed by atoms with Crippen LogP contribution in [0, 0.1) is 5.82 Å². The van der Waals surface area contributed by atoms with Gasteiger partial charge in [-0.3, -0.25) is 9.36 Å². The van der Waals surface area contributed by atoms with Gasteiger partial charge in [0.15, 0.2) is 5.76 Å². The first-order valence-electron chi connectivity index (χ1n) is 11.5. The number of nitrogens with zero attached hydrogens (tertiary/aromatic N) is 3. The predicted octanol–water partition coefficient (Wildman–Crippen LogP) is 6.58. The first kappa shape index (κ1) is 21.8. The Morgan fingerprint density at radius 3 is 2.47 bits per heavy atom. The maximum Gasteiger partial charge on any atom is 0.265 e. The van der Waals surface area contributed by atoms with Gasteiger partial charge in [-0.1, -0.05) is 61.3 Å². The van der Waals surface area contributed by atoms with Crippen LogP contribution in [0.5, 0.6) is 0 Å². The summed E-state index contributed by atoms with van der Waals surface area (Å²) in [6, 6.07) is 23.1. The fraction of sp³-hybridized carbons (Fsp3) is 0.179. The summed E-state index contributed by atoms with van der Waals surface area (Å²) < 4.78 is 20.7. The summed E-state index contributed by atoms with van der Waals surface area (Å²) in [5.74, 6) is 0.930. The van der Waals surface area contributed by atoms with Crippen LogP contribution in [0.3, 0.4) is 0 Å². The van der Waals surface area contributed by atoms with E-state index in [1.54, 1.807) is 22.8 Å². The molecule has 0 aliphatic heterocycles. The lowest BCUT2D eigenvalue weighted by Crippen LogP contribution is -2.24. The smallest absolute Gasteiger partial charge is 0.265 e. The first-order valence-corrected chi connectivity index (χ1v) is 11.5. The van der Waals surface area contributed by atoms with Gasteiger partial charge in [0.2, 0.25) is 0 Å². The molecule has 2 heterocycles. The molecule has 0 aliphatic rings. The molecule has 5 nitrogen and oxygen atoms in total. The Morgan fingerprint density at radius 1 is 0.912 bits per heavy atom. The van der Waals surface area contributed by atoms with Crippen LogP contribution in [-0.4, -0.2) is 14.7 Å². The molecule has 0 saturated heterocycles. The number of unbranched alkanes of at least 4 members (excludes halogenated alkanes) is 2. The summed E-state index contributed by atoms with van der Waals surface area (Å²) in [5.41, 5.74) is 3.56. The predicted molar refractivity (Wildman–Crippen MR) is 131 cm³/mol. The van der Waals surface area contributed by atoms with E-state index in [2.05, 4.69) is 12.1 Å². The molecule has 0 atom stereocenters. The van der Waals surface area contributed by atoms with Crippen LogP contribution in [-0.2, 0) is 6.42 Å². The summed E-state index contributed by atoms with van der Waals surface area (Å²) in [7, 11) is 0. The third kappa shape index (κ3) is 4.27. The fourth-order valence-corrected chi connectivity index (χ4v) is 4.10. The summed E-state index contributed by atoms with van der Waals surface area (Å²) in [6.07, 6.45) is 3.67. The molecular formula is C28H24FN3O2. The van der Waals surface area contributed by atoms with Crippen molar-refractivity contribution in [2.75, 3.05) is 0 Å². The molecule has 5 aromatic rings. The highest BCUT2D eigenvalue weighted by molar-refractivity contribution is 5.83. The molecule has 0 amide bonds. The van der Waals surface area contributed by atoms with Crippen LogP contribution in [0.1, 0.15) is 32.0 Å². The van der Waals surface area contributed by atoms with Gasteiger partial charge >= 0.3 is 0 Å². The second-order valence-corrected chi connectivity index (χ2v) is 8.28. The summed E-state index contributed by atoms with van der Waals surface area (Å²) in [5, 5.41) is 4.69. The van der Waals surface area contributed by atoms with E-state index < -0.39 is 0 Å². The number of hydrogen-bond acceptors (Lipinski definition) is 4. The minimum Gasteiger partial charge on any atom is -0.356 e. The Balaban J connectivity index is 1.60. The molecule has 0 aliphatic carbocycles. The first-order chi connectivity index (χ1) is 16.6. The molecule has 6 heteroatoms. The Morgan fingerprint density at radius 2 is 1.71 bits per heavy atom. The normalized spacial score (nSPS) is 11.2. The molecule has 3 aromatic carbocycles. The highest BCUT2D eigenvalue weighted by Gasteiger charge is 2.15. The van der Waals surface area contributed by atoms with Crippen molar-refractivity contribution in [1.82, 2.24) is 14.7 Å². The van der Waals surface area contributed by atoms with E-state index >= 15 is 0 Å². The van der Waals surface area contributed by atoms with Gasteiger partial charge in [-0.15, -0.1) is 0 Å². The lowest BCUT2D eigenvalue weighted by molar-refractivity contribution is 0.435. The van der Waals surface area contributed by atoms with Crippen molar-refractivity contribution in [3.63, 3.8) is 0 Å². The molecule has 0 spiro atoms. The van der Waals surface area contributed by atoms with Crippen LogP contribution in [0.4, 0.5) is 4.39 Å². The van der Waals surface area contributed by atoms with E-state index in [0.717, 1.165) is 36.1 Å². The highest BCUT2D eigenvalue weighted by Crippen LogP contribution is 2.28. The van der Waals surface area contributed by atoms with Gasteiger partial charge < -0.3 is 4.52 Å². The highest BCUT2D eigenvalue weighted by atomic mass is 19.1. The molecule has 34 heavy (non-hydrogen) atoms. The van der Waals surface area contributed by atoms with Crippen molar-refractivity contribution in [1.29, 1.82) is 0 Å². The third-order valence-corrected chi connectivity index (χ3v) is 5.89. The van der Waals surface area contributed by atoms with Crippen LogP contribution < -0.4 is 5.56 Å². The minimum absolute atomic E-state index is 0.169. The van der Waals surface area contributed by atoms with E-state index in [-0.39, 0.29) is 11.4 Å². The third-order valence-electron chi connectivity index (χ3n) is 5.89. The molecule has 170 valence electrons. The Bertz CT molecular complexity index is 1490. The maximum atomic E-state index is 13.5. The number of benzene rings is 3. The molecular weight excluding hydrogens is 429 g/mol. The van der Waals surface area contributed by atoms with Gasteiger partial charge in [-0.2, -0.15) is 0 Å². The van der Waals surface area contributed by atoms with Crippen LogP contribution in [0.15, 0.2) is 88.2 Å². The van der Waals surface area contributed by atoms with E-state index in [4.69, 9.17) is 9.51 Å². The molecule has 0 radical (unpaired) electrons. The summed E-state index contributed by atoms with van der Waals surface area (Å²) >= 11 is 0. The number of aromatic nitrogens is 3. The molecule has 2 aromatic heterocycles. The van der Waals surface area contributed by atoms with Crippen LogP contribution >= 0.6 is 0 Å². The largest absolute Gasteiger partial charge is 0.356 e. The van der Waals surface area contributed by atoms with Gasteiger partial charge in [-0.05, 0) is 42.8 Å². The van der Waals surface area contributed by atoms with Crippen molar-refractivity contribution in [2.24, 2.45) is 0 Å². The molecule has 0 unspecified atom stereocenters. The maximum absolute atomic E-state index is 13.5. The molecule has 0 fully saturated rings.